The van der Waals surface area contributed by atoms with Gasteiger partial charge in [-0.3, -0.25) is 4.79 Å². The van der Waals surface area contributed by atoms with Crippen molar-refractivity contribution in [2.24, 2.45) is 11.7 Å². The van der Waals surface area contributed by atoms with E-state index in [4.69, 9.17) is 10.5 Å². The second kappa shape index (κ2) is 8.67. The van der Waals surface area contributed by atoms with Crippen LogP contribution in [0.5, 0.6) is 5.75 Å². The predicted octanol–water partition coefficient (Wildman–Crippen LogP) is 2.68. The Morgan fingerprint density at radius 2 is 2.00 bits per heavy atom. The zero-order valence-corrected chi connectivity index (χ0v) is 13.6. The lowest BCUT2D eigenvalue weighted by atomic mass is 10.0. The average Bonchev–Trinajstić information content (AvgIpc) is 2.44. The van der Waals surface area contributed by atoms with E-state index in [9.17, 15) is 4.79 Å². The molecule has 0 heterocycles. The maximum atomic E-state index is 11.9. The van der Waals surface area contributed by atoms with E-state index in [0.29, 0.717) is 18.4 Å². The summed E-state index contributed by atoms with van der Waals surface area (Å²) in [6, 6.07) is 7.87. The Morgan fingerprint density at radius 1 is 1.29 bits per heavy atom. The van der Waals surface area contributed by atoms with Crippen LogP contribution in [0.4, 0.5) is 0 Å². The third-order valence-corrected chi connectivity index (χ3v) is 3.30. The standard InChI is InChI=1S/C17H28N2O2/c1-12(2)8-15(10-18)19-17(20)11-21-16-7-5-6-14(9-16)13(3)4/h5-7,9,12-13,15H,8,10-11,18H2,1-4H3,(H,19,20). The minimum Gasteiger partial charge on any atom is -0.484 e. The number of rotatable bonds is 8. The summed E-state index contributed by atoms with van der Waals surface area (Å²) in [5.74, 6) is 1.54. The molecule has 4 nitrogen and oxygen atoms in total. The molecule has 0 spiro atoms. The van der Waals surface area contributed by atoms with Gasteiger partial charge in [0.2, 0.25) is 0 Å². The number of hydrogen-bond donors (Lipinski definition) is 2. The van der Waals surface area contributed by atoms with Crippen LogP contribution >= 0.6 is 0 Å². The number of carbonyl (C=O) groups is 1. The third kappa shape index (κ3) is 6.63. The van der Waals surface area contributed by atoms with Crippen LogP contribution in [0.25, 0.3) is 0 Å². The van der Waals surface area contributed by atoms with Gasteiger partial charge in [-0.15, -0.1) is 0 Å². The van der Waals surface area contributed by atoms with Crippen LogP contribution < -0.4 is 15.8 Å². The minimum absolute atomic E-state index is 0.0168. The van der Waals surface area contributed by atoms with Gasteiger partial charge in [0, 0.05) is 12.6 Å². The van der Waals surface area contributed by atoms with Crippen molar-refractivity contribution in [1.29, 1.82) is 0 Å². The number of nitrogens with one attached hydrogen (secondary N) is 1. The summed E-state index contributed by atoms with van der Waals surface area (Å²) < 4.78 is 5.56. The largest absolute Gasteiger partial charge is 0.484 e. The van der Waals surface area contributed by atoms with Crippen molar-refractivity contribution >= 4 is 5.91 Å². The number of nitrogens with two attached hydrogens (primary N) is 1. The summed E-state index contributed by atoms with van der Waals surface area (Å²) >= 11 is 0. The molecule has 0 saturated carbocycles. The molecule has 21 heavy (non-hydrogen) atoms. The summed E-state index contributed by atoms with van der Waals surface area (Å²) in [6.07, 6.45) is 0.880. The van der Waals surface area contributed by atoms with E-state index in [0.717, 1.165) is 12.2 Å². The van der Waals surface area contributed by atoms with Gasteiger partial charge in [-0.1, -0.05) is 39.8 Å². The van der Waals surface area contributed by atoms with Gasteiger partial charge in [-0.2, -0.15) is 0 Å². The molecule has 1 rings (SSSR count). The van der Waals surface area contributed by atoms with Crippen molar-refractivity contribution in [3.63, 3.8) is 0 Å². The monoisotopic (exact) mass is 292 g/mol. The fourth-order valence-electron chi connectivity index (χ4n) is 2.16. The van der Waals surface area contributed by atoms with Crippen LogP contribution in [0.15, 0.2) is 24.3 Å². The minimum atomic E-state index is -0.124. The molecule has 0 fully saturated rings. The number of carbonyl (C=O) groups excluding carboxylic acids is 1. The van der Waals surface area contributed by atoms with Crippen LogP contribution in [0.3, 0.4) is 0 Å². The van der Waals surface area contributed by atoms with E-state index >= 15 is 0 Å². The lowest BCUT2D eigenvalue weighted by molar-refractivity contribution is -0.123. The molecule has 0 radical (unpaired) electrons. The van der Waals surface area contributed by atoms with E-state index in [1.165, 1.54) is 5.56 Å². The van der Waals surface area contributed by atoms with E-state index in [1.54, 1.807) is 0 Å². The van der Waals surface area contributed by atoms with Crippen molar-refractivity contribution in [2.75, 3.05) is 13.2 Å². The zero-order chi connectivity index (χ0) is 15.8. The topological polar surface area (TPSA) is 64.3 Å². The summed E-state index contributed by atoms with van der Waals surface area (Å²) in [4.78, 5) is 11.9. The second-order valence-electron chi connectivity index (χ2n) is 6.15. The van der Waals surface area contributed by atoms with E-state index in [1.807, 2.05) is 18.2 Å². The first-order valence-corrected chi connectivity index (χ1v) is 7.64. The highest BCUT2D eigenvalue weighted by Crippen LogP contribution is 2.19. The Kier molecular flexibility index (Phi) is 7.23. The molecule has 0 bridgehead atoms. The molecule has 0 aliphatic heterocycles. The number of benzene rings is 1. The highest BCUT2D eigenvalue weighted by atomic mass is 16.5. The van der Waals surface area contributed by atoms with Gasteiger partial charge < -0.3 is 15.8 Å². The predicted molar refractivity (Wildman–Crippen MR) is 86.5 cm³/mol. The van der Waals surface area contributed by atoms with E-state index in [-0.39, 0.29) is 18.6 Å². The molecule has 0 aliphatic rings. The molecular formula is C17H28N2O2. The molecule has 1 aromatic carbocycles. The van der Waals surface area contributed by atoms with Crippen LogP contribution in [0.1, 0.15) is 45.6 Å². The first-order valence-electron chi connectivity index (χ1n) is 7.64. The van der Waals surface area contributed by atoms with Crippen LogP contribution in [-0.2, 0) is 4.79 Å². The summed E-state index contributed by atoms with van der Waals surface area (Å²) in [6.45, 7) is 8.96. The Balaban J connectivity index is 2.47. The van der Waals surface area contributed by atoms with Crippen molar-refractivity contribution in [2.45, 2.75) is 46.1 Å². The normalized spacial score (nSPS) is 12.5. The molecule has 4 heteroatoms. The van der Waals surface area contributed by atoms with Crippen molar-refractivity contribution in [3.8, 4) is 5.75 Å². The van der Waals surface area contributed by atoms with Crippen molar-refractivity contribution < 1.29 is 9.53 Å². The molecule has 3 N–H and O–H groups in total. The van der Waals surface area contributed by atoms with Crippen molar-refractivity contribution in [1.82, 2.24) is 5.32 Å². The Morgan fingerprint density at radius 3 is 2.57 bits per heavy atom. The van der Waals surface area contributed by atoms with Gasteiger partial charge in [-0.25, -0.2) is 0 Å². The van der Waals surface area contributed by atoms with Crippen LogP contribution in [-0.4, -0.2) is 25.1 Å². The maximum Gasteiger partial charge on any atom is 0.258 e. The maximum absolute atomic E-state index is 11.9. The first kappa shape index (κ1) is 17.5. The first-order chi connectivity index (χ1) is 9.92. The molecule has 1 aromatic rings. The van der Waals surface area contributed by atoms with Crippen LogP contribution in [0, 0.1) is 5.92 Å². The van der Waals surface area contributed by atoms with Gasteiger partial charge in [0.15, 0.2) is 6.61 Å². The number of amides is 1. The van der Waals surface area contributed by atoms with Gasteiger partial charge in [0.1, 0.15) is 5.75 Å². The summed E-state index contributed by atoms with van der Waals surface area (Å²) in [5, 5.41) is 2.92. The van der Waals surface area contributed by atoms with Gasteiger partial charge in [0.05, 0.1) is 0 Å². The lowest BCUT2D eigenvalue weighted by Crippen LogP contribution is -2.43. The lowest BCUT2D eigenvalue weighted by Gasteiger charge is -2.19. The molecule has 0 aromatic heterocycles. The highest BCUT2D eigenvalue weighted by molar-refractivity contribution is 5.77. The molecule has 1 atom stereocenters. The molecular weight excluding hydrogens is 264 g/mol. The Hall–Kier alpha value is -1.55. The molecule has 1 unspecified atom stereocenters. The SMILES string of the molecule is CC(C)CC(CN)NC(=O)COc1cccc(C(C)C)c1. The van der Waals surface area contributed by atoms with Gasteiger partial charge in [0.25, 0.3) is 5.91 Å². The zero-order valence-electron chi connectivity index (χ0n) is 13.6. The fourth-order valence-corrected chi connectivity index (χ4v) is 2.16. The summed E-state index contributed by atoms with van der Waals surface area (Å²) in [7, 11) is 0. The highest BCUT2D eigenvalue weighted by Gasteiger charge is 2.13. The van der Waals surface area contributed by atoms with Gasteiger partial charge in [-0.05, 0) is 36.0 Å². The molecule has 1 amide bonds. The molecule has 0 aliphatic carbocycles. The quantitative estimate of drug-likeness (QED) is 0.774. The van der Waals surface area contributed by atoms with Crippen molar-refractivity contribution in [3.05, 3.63) is 29.8 Å². The Bertz CT molecular complexity index is 444. The smallest absolute Gasteiger partial charge is 0.258 e. The average molecular weight is 292 g/mol. The number of ether oxygens (including phenoxy) is 1. The summed E-state index contributed by atoms with van der Waals surface area (Å²) in [5.41, 5.74) is 6.88. The van der Waals surface area contributed by atoms with E-state index in [2.05, 4.69) is 39.1 Å². The third-order valence-electron chi connectivity index (χ3n) is 3.30. The van der Waals surface area contributed by atoms with Gasteiger partial charge >= 0.3 is 0 Å². The molecule has 118 valence electrons. The Labute approximate surface area is 128 Å². The second-order valence-corrected chi connectivity index (χ2v) is 6.15. The fraction of sp³-hybridized carbons (Fsp3) is 0.588. The van der Waals surface area contributed by atoms with E-state index < -0.39 is 0 Å². The molecule has 0 saturated heterocycles. The number of hydrogen-bond acceptors (Lipinski definition) is 3. The van der Waals surface area contributed by atoms with Crippen LogP contribution in [0.2, 0.25) is 0 Å².